The minimum atomic E-state index is -4.75. The van der Waals surface area contributed by atoms with Crippen LogP contribution in [-0.4, -0.2) is 16.8 Å². The van der Waals surface area contributed by atoms with Crippen LogP contribution in [0, 0.1) is 0 Å². The molecule has 1 aromatic carbocycles. The standard InChI is InChI=1S/C10H11F3N4O2S/c1-6(9(14)17-20(15)18)16-7-2-4-8(5-3-7)19-10(11,12)13/h2-5,16H,1,15H2,(H2,14,17). The highest BCUT2D eigenvalue weighted by Gasteiger charge is 2.30. The zero-order valence-corrected chi connectivity index (χ0v) is 10.8. The van der Waals surface area contributed by atoms with Crippen LogP contribution in [0.25, 0.3) is 0 Å². The molecule has 0 aliphatic rings. The molecule has 0 spiro atoms. The Morgan fingerprint density at radius 1 is 1.35 bits per heavy atom. The van der Waals surface area contributed by atoms with E-state index in [0.717, 1.165) is 12.1 Å². The highest BCUT2D eigenvalue weighted by atomic mass is 32.2. The Morgan fingerprint density at radius 2 is 1.90 bits per heavy atom. The molecule has 110 valence electrons. The Hall–Kier alpha value is -1.91. The number of ether oxygens (including phenoxy) is 1. The molecular weight excluding hydrogens is 297 g/mol. The van der Waals surface area contributed by atoms with Gasteiger partial charge in [0.15, 0.2) is 17.4 Å². The molecular formula is C10H11F3N4O2S. The number of amidine groups is 1. The van der Waals surface area contributed by atoms with Crippen LogP contribution < -0.4 is 20.9 Å². The Morgan fingerprint density at radius 3 is 2.35 bits per heavy atom. The molecule has 0 aliphatic heterocycles. The van der Waals surface area contributed by atoms with Gasteiger partial charge in [-0.15, -0.1) is 18.3 Å². The second-order valence-corrected chi connectivity index (χ2v) is 4.16. The van der Waals surface area contributed by atoms with Crippen molar-refractivity contribution in [3.8, 4) is 5.75 Å². The van der Waals surface area contributed by atoms with Gasteiger partial charge in [0.2, 0.25) is 0 Å². The van der Waals surface area contributed by atoms with Crippen molar-refractivity contribution >= 4 is 23.1 Å². The largest absolute Gasteiger partial charge is 0.573 e. The number of hydrogen-bond acceptors (Lipinski definition) is 5. The summed E-state index contributed by atoms with van der Waals surface area (Å²) in [6.07, 6.45) is -4.75. The summed E-state index contributed by atoms with van der Waals surface area (Å²) in [5.41, 5.74) is 5.92. The van der Waals surface area contributed by atoms with E-state index in [1.165, 1.54) is 12.1 Å². The Balaban J connectivity index is 2.69. The fourth-order valence-electron chi connectivity index (χ4n) is 1.13. The first-order valence-corrected chi connectivity index (χ1v) is 6.17. The molecule has 1 rings (SSSR count). The third-order valence-corrected chi connectivity index (χ3v) is 2.26. The number of halogens is 3. The lowest BCUT2D eigenvalue weighted by molar-refractivity contribution is -0.274. The maximum atomic E-state index is 12.0. The number of alkyl halides is 3. The van der Waals surface area contributed by atoms with Crippen LogP contribution in [0.15, 0.2) is 40.9 Å². The normalized spacial score (nSPS) is 13.8. The lowest BCUT2D eigenvalue weighted by Crippen LogP contribution is -2.23. The van der Waals surface area contributed by atoms with E-state index < -0.39 is 17.9 Å². The summed E-state index contributed by atoms with van der Waals surface area (Å²) in [6.45, 7) is 3.52. The summed E-state index contributed by atoms with van der Waals surface area (Å²) in [5, 5.41) is 7.58. The van der Waals surface area contributed by atoms with Crippen molar-refractivity contribution in [1.82, 2.24) is 0 Å². The van der Waals surface area contributed by atoms with Gasteiger partial charge < -0.3 is 20.3 Å². The fourth-order valence-corrected chi connectivity index (χ4v) is 1.43. The molecule has 0 fully saturated rings. The minimum Gasteiger partial charge on any atom is -0.572 e. The van der Waals surface area contributed by atoms with Gasteiger partial charge in [0, 0.05) is 5.69 Å². The second kappa shape index (κ2) is 6.50. The van der Waals surface area contributed by atoms with E-state index in [1.807, 2.05) is 0 Å². The van der Waals surface area contributed by atoms with Crippen LogP contribution in [0.4, 0.5) is 18.9 Å². The number of hydrogen-bond donors (Lipinski definition) is 3. The van der Waals surface area contributed by atoms with Crippen molar-refractivity contribution in [1.29, 1.82) is 0 Å². The van der Waals surface area contributed by atoms with Crippen molar-refractivity contribution in [2.24, 2.45) is 15.3 Å². The van der Waals surface area contributed by atoms with Gasteiger partial charge in [0.05, 0.1) is 5.70 Å². The first-order valence-electron chi connectivity index (χ1n) is 5.00. The van der Waals surface area contributed by atoms with Crippen LogP contribution in [0.5, 0.6) is 5.75 Å². The molecule has 1 unspecified atom stereocenters. The number of rotatable bonds is 5. The van der Waals surface area contributed by atoms with E-state index in [0.29, 0.717) is 5.69 Å². The zero-order valence-electron chi connectivity index (χ0n) is 9.98. The number of nitrogens with zero attached hydrogens (tertiary/aromatic N) is 1. The molecule has 1 aromatic rings. The van der Waals surface area contributed by atoms with Crippen molar-refractivity contribution in [2.75, 3.05) is 5.32 Å². The third kappa shape index (κ3) is 5.82. The van der Waals surface area contributed by atoms with Gasteiger partial charge >= 0.3 is 6.36 Å². The molecule has 20 heavy (non-hydrogen) atoms. The SMILES string of the molecule is C=C(Nc1ccc(OC(F)(F)F)cc1)C(N)=N[S+](N)[O-]. The van der Waals surface area contributed by atoms with Gasteiger partial charge in [0.1, 0.15) is 5.75 Å². The first kappa shape index (κ1) is 16.1. The van der Waals surface area contributed by atoms with E-state index in [2.05, 4.69) is 21.0 Å². The number of benzene rings is 1. The highest BCUT2D eigenvalue weighted by Crippen LogP contribution is 2.24. The molecule has 1 atom stereocenters. The van der Waals surface area contributed by atoms with Crippen molar-refractivity contribution < 1.29 is 22.5 Å². The summed E-state index contributed by atoms with van der Waals surface area (Å²) >= 11 is -1.97. The molecule has 0 heterocycles. The molecule has 6 nitrogen and oxygen atoms in total. The second-order valence-electron chi connectivity index (χ2n) is 3.43. The van der Waals surface area contributed by atoms with E-state index in [1.54, 1.807) is 0 Å². The van der Waals surface area contributed by atoms with Crippen LogP contribution in [0.2, 0.25) is 0 Å². The topological polar surface area (TPSA) is 109 Å². The van der Waals surface area contributed by atoms with Gasteiger partial charge in [-0.05, 0) is 28.7 Å². The Kier molecular flexibility index (Phi) is 5.25. The quantitative estimate of drug-likeness (QED) is 0.433. The minimum absolute atomic E-state index is 0.105. The van der Waals surface area contributed by atoms with Crippen molar-refractivity contribution in [3.63, 3.8) is 0 Å². The molecule has 0 amide bonds. The van der Waals surface area contributed by atoms with E-state index >= 15 is 0 Å². The average molecular weight is 308 g/mol. The molecule has 0 aromatic heterocycles. The predicted molar refractivity (Wildman–Crippen MR) is 69.8 cm³/mol. The van der Waals surface area contributed by atoms with E-state index in [-0.39, 0.29) is 17.3 Å². The maximum absolute atomic E-state index is 12.0. The van der Waals surface area contributed by atoms with Gasteiger partial charge in [0.25, 0.3) is 0 Å². The summed E-state index contributed by atoms with van der Waals surface area (Å²) in [5.74, 6) is -0.542. The molecule has 0 saturated heterocycles. The van der Waals surface area contributed by atoms with Crippen LogP contribution >= 0.6 is 0 Å². The lowest BCUT2D eigenvalue weighted by Gasteiger charge is -2.11. The Labute approximate surface area is 115 Å². The molecule has 5 N–H and O–H groups in total. The lowest BCUT2D eigenvalue weighted by atomic mass is 10.3. The number of nitrogens with one attached hydrogen (secondary N) is 1. The summed E-state index contributed by atoms with van der Waals surface area (Å²) in [4.78, 5) is 0. The summed E-state index contributed by atoms with van der Waals surface area (Å²) in [7, 11) is 0. The summed E-state index contributed by atoms with van der Waals surface area (Å²) < 4.78 is 53.5. The van der Waals surface area contributed by atoms with E-state index in [4.69, 9.17) is 10.9 Å². The van der Waals surface area contributed by atoms with Crippen LogP contribution in [-0.2, 0) is 11.5 Å². The molecule has 0 saturated carbocycles. The van der Waals surface area contributed by atoms with Gasteiger partial charge in [-0.25, -0.2) is 0 Å². The highest BCUT2D eigenvalue weighted by molar-refractivity contribution is 7.88. The molecule has 10 heteroatoms. The van der Waals surface area contributed by atoms with Gasteiger partial charge in [-0.3, -0.25) is 0 Å². The predicted octanol–water partition coefficient (Wildman–Crippen LogP) is 1.41. The average Bonchev–Trinajstić information content (AvgIpc) is 2.28. The Bertz CT molecular complexity index is 502. The first-order chi connectivity index (χ1) is 9.17. The monoisotopic (exact) mass is 308 g/mol. The zero-order chi connectivity index (χ0) is 15.3. The fraction of sp³-hybridized carbons (Fsp3) is 0.100. The van der Waals surface area contributed by atoms with E-state index in [9.17, 15) is 17.7 Å². The van der Waals surface area contributed by atoms with Crippen molar-refractivity contribution in [2.45, 2.75) is 6.36 Å². The molecule has 0 aliphatic carbocycles. The summed E-state index contributed by atoms with van der Waals surface area (Å²) in [6, 6.07) is 4.85. The van der Waals surface area contributed by atoms with Crippen LogP contribution in [0.3, 0.4) is 0 Å². The maximum Gasteiger partial charge on any atom is 0.573 e. The number of anilines is 1. The molecule has 0 bridgehead atoms. The van der Waals surface area contributed by atoms with Gasteiger partial charge in [-0.2, -0.15) is 0 Å². The third-order valence-electron chi connectivity index (χ3n) is 1.88. The van der Waals surface area contributed by atoms with Crippen LogP contribution in [0.1, 0.15) is 0 Å². The number of nitrogens with two attached hydrogens (primary N) is 2. The smallest absolute Gasteiger partial charge is 0.572 e. The van der Waals surface area contributed by atoms with Crippen molar-refractivity contribution in [3.05, 3.63) is 36.5 Å². The molecule has 0 radical (unpaired) electrons. The van der Waals surface area contributed by atoms with Gasteiger partial charge in [-0.1, -0.05) is 6.58 Å².